The van der Waals surface area contributed by atoms with Crippen molar-refractivity contribution in [2.45, 2.75) is 57.9 Å². The Morgan fingerprint density at radius 1 is 1.19 bits per heavy atom. The summed E-state index contributed by atoms with van der Waals surface area (Å²) in [5.74, 6) is 0.641. The fourth-order valence-electron chi connectivity index (χ4n) is 6.14. The molecule has 0 spiro atoms. The molecule has 248 valence electrons. The van der Waals surface area contributed by atoms with Crippen LogP contribution in [-0.4, -0.2) is 55.6 Å². The predicted octanol–water partition coefficient (Wildman–Crippen LogP) is 6.35. The number of thiophene rings is 1. The molecule has 1 fully saturated rings. The van der Waals surface area contributed by atoms with Gasteiger partial charge in [0, 0.05) is 54.2 Å². The van der Waals surface area contributed by atoms with Crippen molar-refractivity contribution in [3.8, 4) is 6.07 Å². The van der Waals surface area contributed by atoms with Crippen molar-refractivity contribution in [1.82, 2.24) is 24.4 Å². The molecule has 1 aromatic carbocycles. The summed E-state index contributed by atoms with van der Waals surface area (Å²) in [6.07, 6.45) is -0.0692. The molecule has 48 heavy (non-hydrogen) atoms. The summed E-state index contributed by atoms with van der Waals surface area (Å²) in [4.78, 5) is 27.3. The Balaban J connectivity index is 1.09. The van der Waals surface area contributed by atoms with Gasteiger partial charge < -0.3 is 20.9 Å². The average Bonchev–Trinajstić information content (AvgIpc) is 3.62. The van der Waals surface area contributed by atoms with Gasteiger partial charge in [-0.3, -0.25) is 9.69 Å². The number of benzene rings is 1. The van der Waals surface area contributed by atoms with E-state index in [1.165, 1.54) is 17.7 Å². The van der Waals surface area contributed by atoms with Crippen molar-refractivity contribution in [3.05, 3.63) is 82.5 Å². The number of carbonyl (C=O) groups is 1. The first-order chi connectivity index (χ1) is 23.0. The Labute approximate surface area is 279 Å². The number of aromatic nitrogens is 4. The van der Waals surface area contributed by atoms with Gasteiger partial charge in [0.15, 0.2) is 0 Å². The highest BCUT2D eigenvalue weighted by atomic mass is 32.1. The molecule has 1 aliphatic rings. The van der Waals surface area contributed by atoms with Crippen molar-refractivity contribution in [1.29, 1.82) is 5.26 Å². The molecule has 0 aliphatic carbocycles. The Morgan fingerprint density at radius 3 is 2.67 bits per heavy atom. The number of nitrogens with two attached hydrogens (primary N) is 1. The fourth-order valence-corrected chi connectivity index (χ4v) is 7.21. The van der Waals surface area contributed by atoms with Gasteiger partial charge in [-0.2, -0.15) is 23.4 Å². The molecule has 1 amide bonds. The molecule has 5 aromatic rings. The van der Waals surface area contributed by atoms with E-state index in [0.29, 0.717) is 40.5 Å². The van der Waals surface area contributed by atoms with Crippen LogP contribution >= 0.6 is 11.3 Å². The van der Waals surface area contributed by atoms with E-state index in [2.05, 4.69) is 62.2 Å². The first kappa shape index (κ1) is 32.9. The highest BCUT2D eigenvalue weighted by Crippen LogP contribution is 2.34. The Bertz CT molecular complexity index is 2020. The minimum Gasteiger partial charge on any atom is -0.368 e. The summed E-state index contributed by atoms with van der Waals surface area (Å²) in [5.41, 5.74) is 10.8. The summed E-state index contributed by atoms with van der Waals surface area (Å²) >= 11 is 0.991. The summed E-state index contributed by atoms with van der Waals surface area (Å²) in [5, 5.41) is 17.6. The van der Waals surface area contributed by atoms with Crippen molar-refractivity contribution >= 4 is 55.9 Å². The van der Waals surface area contributed by atoms with Crippen LogP contribution in [0.3, 0.4) is 0 Å². The van der Waals surface area contributed by atoms with Crippen molar-refractivity contribution in [3.63, 3.8) is 0 Å². The number of alkyl halides is 3. The number of piperidine rings is 1. The number of halogens is 3. The van der Waals surface area contributed by atoms with E-state index in [9.17, 15) is 23.2 Å². The molecule has 0 atom stereocenters. The molecule has 0 radical (unpaired) electrons. The zero-order chi connectivity index (χ0) is 34.0. The monoisotopic (exact) mass is 673 g/mol. The average molecular weight is 674 g/mol. The van der Waals surface area contributed by atoms with E-state index >= 15 is 0 Å². The third kappa shape index (κ3) is 7.42. The lowest BCUT2D eigenvalue weighted by molar-refractivity contribution is -0.126. The number of hydrogen-bond acceptors (Lipinski definition) is 9. The van der Waals surface area contributed by atoms with E-state index in [-0.39, 0.29) is 22.8 Å². The van der Waals surface area contributed by atoms with Gasteiger partial charge in [0.05, 0.1) is 11.8 Å². The molecule has 4 N–H and O–H groups in total. The molecule has 0 bridgehead atoms. The van der Waals surface area contributed by atoms with Gasteiger partial charge in [-0.1, -0.05) is 18.7 Å². The van der Waals surface area contributed by atoms with Crippen LogP contribution in [0.1, 0.15) is 40.1 Å². The number of amides is 1. The third-order valence-electron chi connectivity index (χ3n) is 8.62. The molecule has 1 aliphatic heterocycles. The van der Waals surface area contributed by atoms with Crippen LogP contribution < -0.4 is 16.4 Å². The summed E-state index contributed by atoms with van der Waals surface area (Å²) < 4.78 is 41.0. The lowest BCUT2D eigenvalue weighted by Crippen LogP contribution is -2.39. The molecule has 6 rings (SSSR count). The number of nitrogens with zero attached hydrogens (tertiary/aromatic N) is 6. The van der Waals surface area contributed by atoms with Gasteiger partial charge in [-0.15, -0.1) is 11.3 Å². The minimum absolute atomic E-state index is 0.0314. The van der Waals surface area contributed by atoms with Crippen molar-refractivity contribution < 1.29 is 18.0 Å². The van der Waals surface area contributed by atoms with E-state index in [0.717, 1.165) is 65.8 Å². The Kier molecular flexibility index (Phi) is 9.34. The van der Waals surface area contributed by atoms with Crippen LogP contribution in [0.4, 0.5) is 30.8 Å². The molecular formula is C34H34F3N9OS. The number of carbonyl (C=O) groups excluding carboxylic acids is 1. The number of nitrogens with one attached hydrogen (secondary N) is 2. The fraction of sp³-hybridized carbons (Fsp3) is 0.324. The Hall–Kier alpha value is -5.00. The maximum atomic E-state index is 13.0. The van der Waals surface area contributed by atoms with Crippen molar-refractivity contribution in [2.24, 2.45) is 0 Å². The molecule has 10 nitrogen and oxygen atoms in total. The van der Waals surface area contributed by atoms with Gasteiger partial charge in [0.2, 0.25) is 11.9 Å². The predicted molar refractivity (Wildman–Crippen MR) is 182 cm³/mol. The lowest BCUT2D eigenvalue weighted by Gasteiger charge is -2.33. The van der Waals surface area contributed by atoms with Crippen LogP contribution in [0.15, 0.2) is 55.3 Å². The molecule has 4 aromatic heterocycles. The number of hydrogen-bond donors (Lipinski definition) is 3. The quantitative estimate of drug-likeness (QED) is 0.146. The first-order valence-electron chi connectivity index (χ1n) is 15.5. The smallest absolute Gasteiger partial charge is 0.368 e. The maximum absolute atomic E-state index is 13.0. The third-order valence-corrected chi connectivity index (χ3v) is 9.65. The van der Waals surface area contributed by atoms with Gasteiger partial charge >= 0.3 is 6.18 Å². The van der Waals surface area contributed by atoms with Crippen LogP contribution in [-0.2, 0) is 30.7 Å². The zero-order valence-electron chi connectivity index (χ0n) is 26.3. The number of nitrogen functional groups attached to an aromatic ring is 1. The van der Waals surface area contributed by atoms with E-state index in [4.69, 9.17) is 5.73 Å². The van der Waals surface area contributed by atoms with E-state index in [1.54, 1.807) is 12.3 Å². The number of anilines is 3. The summed E-state index contributed by atoms with van der Waals surface area (Å²) in [7, 11) is 0. The molecule has 1 saturated heterocycles. The highest BCUT2D eigenvalue weighted by molar-refractivity contribution is 7.18. The lowest BCUT2D eigenvalue weighted by atomic mass is 10.0. The molecule has 0 saturated carbocycles. The Morgan fingerprint density at radius 2 is 1.98 bits per heavy atom. The summed E-state index contributed by atoms with van der Waals surface area (Å²) in [6, 6.07) is 13.8. The number of nitriles is 1. The first-order valence-corrected chi connectivity index (χ1v) is 16.3. The van der Waals surface area contributed by atoms with Crippen LogP contribution in [0.25, 0.3) is 21.1 Å². The number of rotatable bonds is 10. The van der Waals surface area contributed by atoms with Gasteiger partial charge in [0.1, 0.15) is 28.2 Å². The van der Waals surface area contributed by atoms with Crippen LogP contribution in [0, 0.1) is 18.3 Å². The molecule has 0 unspecified atom stereocenters. The summed E-state index contributed by atoms with van der Waals surface area (Å²) in [6.45, 7) is 8.56. The number of fused-ring (bicyclic) bond motifs is 2. The van der Waals surface area contributed by atoms with Gasteiger partial charge in [0.25, 0.3) is 0 Å². The highest BCUT2D eigenvalue weighted by Gasteiger charge is 2.29. The SMILES string of the molecule is C=CC(=O)Nc1ccc(CCn2c(C#N)cc3c(C)c(CN4CCC(Nc5nc(N)nc6sc(CC(F)(F)F)cc56)CC4)ccc32)cn1. The molecule has 14 heteroatoms. The number of pyridine rings is 1. The second kappa shape index (κ2) is 13.6. The van der Waals surface area contributed by atoms with Gasteiger partial charge in [-0.05, 0) is 73.2 Å². The van der Waals surface area contributed by atoms with E-state index < -0.39 is 12.6 Å². The number of likely N-dealkylation sites (tertiary alicyclic amines) is 1. The normalized spacial score (nSPS) is 14.3. The van der Waals surface area contributed by atoms with Crippen LogP contribution in [0.2, 0.25) is 0 Å². The molecule has 5 heterocycles. The largest absolute Gasteiger partial charge is 0.393 e. The van der Waals surface area contributed by atoms with E-state index in [1.807, 2.05) is 16.7 Å². The van der Waals surface area contributed by atoms with Crippen molar-refractivity contribution in [2.75, 3.05) is 29.5 Å². The zero-order valence-corrected chi connectivity index (χ0v) is 27.1. The van der Waals surface area contributed by atoms with Crippen LogP contribution in [0.5, 0.6) is 0 Å². The number of aryl methyl sites for hydroxylation is 3. The molecular weight excluding hydrogens is 639 g/mol. The second-order valence-electron chi connectivity index (χ2n) is 11.9. The standard InChI is InChI=1S/C34H34F3N9OS/c1-3-30(47)42-29-7-4-21(18-40-29)8-13-46-24(17-38)14-26-20(2)22(5-6-28(26)46)19-45-11-9-23(10-12-45)41-31-27-15-25(16-34(35,36)37)48-32(27)44-33(39)43-31/h3-7,14-15,18,23H,1,8-13,16,19H2,2H3,(H,40,42,47)(H3,39,41,43,44). The topological polar surface area (TPSA) is 138 Å². The maximum Gasteiger partial charge on any atom is 0.393 e. The van der Waals surface area contributed by atoms with Gasteiger partial charge in [-0.25, -0.2) is 9.97 Å². The minimum atomic E-state index is -4.30. The second-order valence-corrected chi connectivity index (χ2v) is 13.0.